The number of nitrogens with zero attached hydrogens (tertiary/aromatic N) is 1. The van der Waals surface area contributed by atoms with Gasteiger partial charge in [-0.05, 0) is 37.6 Å². The molecule has 31 heavy (non-hydrogen) atoms. The fourth-order valence-corrected chi connectivity index (χ4v) is 4.65. The predicted octanol–water partition coefficient (Wildman–Crippen LogP) is 3.29. The maximum absolute atomic E-state index is 13.6. The second-order valence-corrected chi connectivity index (χ2v) is 8.05. The minimum Gasteiger partial charge on any atom is -0.490 e. The summed E-state index contributed by atoms with van der Waals surface area (Å²) < 4.78 is 23.0. The van der Waals surface area contributed by atoms with E-state index in [0.717, 1.165) is 23.3 Å². The molecule has 2 aromatic carbocycles. The van der Waals surface area contributed by atoms with Gasteiger partial charge in [-0.15, -0.1) is 0 Å². The average Bonchev–Trinajstić information content (AvgIpc) is 3.23. The van der Waals surface area contributed by atoms with Crippen LogP contribution < -0.4 is 14.2 Å². The lowest BCUT2D eigenvalue weighted by Crippen LogP contribution is -2.32. The third kappa shape index (κ3) is 3.28. The normalized spacial score (nSPS) is 23.4. The van der Waals surface area contributed by atoms with Crippen molar-refractivity contribution in [2.75, 3.05) is 26.4 Å². The van der Waals surface area contributed by atoms with Gasteiger partial charge >= 0.3 is 5.97 Å². The quantitative estimate of drug-likeness (QED) is 0.706. The van der Waals surface area contributed by atoms with Crippen LogP contribution >= 0.6 is 0 Å². The number of hydrogen-bond acceptors (Lipinski definition) is 6. The van der Waals surface area contributed by atoms with Gasteiger partial charge in [0.2, 0.25) is 0 Å². The first kappa shape index (κ1) is 19.7. The molecule has 7 nitrogen and oxygen atoms in total. The molecule has 3 heterocycles. The van der Waals surface area contributed by atoms with Crippen LogP contribution in [0.1, 0.15) is 40.9 Å². The van der Waals surface area contributed by atoms with E-state index in [1.807, 2.05) is 25.1 Å². The van der Waals surface area contributed by atoms with Gasteiger partial charge in [0.25, 0.3) is 5.91 Å². The van der Waals surface area contributed by atoms with Crippen molar-refractivity contribution in [3.05, 3.63) is 53.1 Å². The Hall–Kier alpha value is -3.22. The Balaban J connectivity index is 1.51. The third-order valence-corrected chi connectivity index (χ3v) is 6.10. The van der Waals surface area contributed by atoms with Crippen LogP contribution in [0.4, 0.5) is 0 Å². The zero-order valence-corrected chi connectivity index (χ0v) is 17.6. The van der Waals surface area contributed by atoms with E-state index in [9.17, 15) is 9.59 Å². The molecule has 0 unspecified atom stereocenters. The SMILES string of the molecule is CCOC(=O)[C@@H]1CN(C(=O)c2ccc3c(c2)OCCCO3)[C@H]2c3cccc(C)c3O[C@@H]12. The first-order chi connectivity index (χ1) is 15.1. The topological polar surface area (TPSA) is 74.3 Å². The molecule has 3 atom stereocenters. The molecule has 5 rings (SSSR count). The van der Waals surface area contributed by atoms with Crippen LogP contribution in [0.5, 0.6) is 17.2 Å². The van der Waals surface area contributed by atoms with Crippen molar-refractivity contribution in [1.82, 2.24) is 4.90 Å². The minimum absolute atomic E-state index is 0.171. The van der Waals surface area contributed by atoms with Gasteiger partial charge in [0.05, 0.1) is 25.9 Å². The fourth-order valence-electron chi connectivity index (χ4n) is 4.65. The summed E-state index contributed by atoms with van der Waals surface area (Å²) in [6.07, 6.45) is 0.335. The van der Waals surface area contributed by atoms with Crippen LogP contribution in [0.2, 0.25) is 0 Å². The molecular weight excluding hydrogens is 398 g/mol. The predicted molar refractivity (Wildman–Crippen MR) is 112 cm³/mol. The van der Waals surface area contributed by atoms with Gasteiger partial charge in [-0.1, -0.05) is 18.2 Å². The number of hydrogen-bond donors (Lipinski definition) is 0. The van der Waals surface area contributed by atoms with E-state index >= 15 is 0 Å². The molecule has 7 heteroatoms. The number of rotatable bonds is 3. The maximum Gasteiger partial charge on any atom is 0.314 e. The van der Waals surface area contributed by atoms with Crippen molar-refractivity contribution >= 4 is 11.9 Å². The molecule has 0 aliphatic carbocycles. The van der Waals surface area contributed by atoms with Gasteiger partial charge < -0.3 is 23.8 Å². The second-order valence-electron chi connectivity index (χ2n) is 8.05. The molecule has 0 radical (unpaired) electrons. The largest absolute Gasteiger partial charge is 0.490 e. The number of carbonyl (C=O) groups excluding carboxylic acids is 2. The van der Waals surface area contributed by atoms with E-state index in [-0.39, 0.29) is 31.1 Å². The number of likely N-dealkylation sites (tertiary alicyclic amines) is 1. The van der Waals surface area contributed by atoms with Gasteiger partial charge in [-0.25, -0.2) is 0 Å². The summed E-state index contributed by atoms with van der Waals surface area (Å²) in [4.78, 5) is 28.0. The fraction of sp³-hybridized carbons (Fsp3) is 0.417. The number of benzene rings is 2. The number of para-hydroxylation sites is 1. The van der Waals surface area contributed by atoms with E-state index < -0.39 is 12.0 Å². The number of amides is 1. The van der Waals surface area contributed by atoms with E-state index in [1.165, 1.54) is 0 Å². The number of esters is 1. The summed E-state index contributed by atoms with van der Waals surface area (Å²) in [7, 11) is 0. The lowest BCUT2D eigenvalue weighted by Gasteiger charge is -2.23. The van der Waals surface area contributed by atoms with E-state index in [0.29, 0.717) is 30.3 Å². The first-order valence-corrected chi connectivity index (χ1v) is 10.7. The molecule has 1 saturated heterocycles. The molecule has 0 spiro atoms. The van der Waals surface area contributed by atoms with Crippen molar-refractivity contribution in [2.24, 2.45) is 5.92 Å². The van der Waals surface area contributed by atoms with Crippen LogP contribution in [-0.4, -0.2) is 49.2 Å². The highest BCUT2D eigenvalue weighted by molar-refractivity contribution is 5.96. The summed E-state index contributed by atoms with van der Waals surface area (Å²) in [5.41, 5.74) is 2.41. The van der Waals surface area contributed by atoms with Gasteiger partial charge in [-0.3, -0.25) is 9.59 Å². The van der Waals surface area contributed by atoms with E-state index in [4.69, 9.17) is 18.9 Å². The smallest absolute Gasteiger partial charge is 0.314 e. The second kappa shape index (κ2) is 7.80. The van der Waals surface area contributed by atoms with Gasteiger partial charge in [0.1, 0.15) is 17.8 Å². The summed E-state index contributed by atoms with van der Waals surface area (Å²) in [6, 6.07) is 10.8. The van der Waals surface area contributed by atoms with Crippen LogP contribution in [-0.2, 0) is 9.53 Å². The van der Waals surface area contributed by atoms with E-state index in [1.54, 1.807) is 30.0 Å². The molecule has 1 fully saturated rings. The van der Waals surface area contributed by atoms with E-state index in [2.05, 4.69) is 0 Å². The van der Waals surface area contributed by atoms with Gasteiger partial charge in [0, 0.05) is 24.1 Å². The zero-order chi connectivity index (χ0) is 21.5. The molecule has 162 valence electrons. The average molecular weight is 423 g/mol. The Morgan fingerprint density at radius 2 is 1.94 bits per heavy atom. The number of fused-ring (bicyclic) bond motifs is 4. The van der Waals surface area contributed by atoms with Gasteiger partial charge in [0.15, 0.2) is 11.5 Å². The highest BCUT2D eigenvalue weighted by Gasteiger charge is 2.54. The molecule has 1 amide bonds. The standard InChI is InChI=1S/C24H25NO6/c1-3-28-24(27)17-13-25(20-16-7-4-6-14(2)21(16)31-22(17)20)23(26)15-8-9-18-19(12-15)30-11-5-10-29-18/h4,6-9,12,17,20,22H,3,5,10-11,13H2,1-2H3/t17-,20+,22+/m1/s1. The molecule has 0 bridgehead atoms. The summed E-state index contributed by atoms with van der Waals surface area (Å²) in [6.45, 7) is 5.41. The Labute approximate surface area is 180 Å². The lowest BCUT2D eigenvalue weighted by molar-refractivity contribution is -0.149. The first-order valence-electron chi connectivity index (χ1n) is 10.7. The van der Waals surface area contributed by atoms with Crippen LogP contribution in [0, 0.1) is 12.8 Å². The zero-order valence-electron chi connectivity index (χ0n) is 17.6. The number of carbonyl (C=O) groups is 2. The van der Waals surface area contributed by atoms with Crippen molar-refractivity contribution in [2.45, 2.75) is 32.4 Å². The monoisotopic (exact) mass is 423 g/mol. The Morgan fingerprint density at radius 3 is 2.74 bits per heavy atom. The lowest BCUT2D eigenvalue weighted by atomic mass is 9.98. The summed E-state index contributed by atoms with van der Waals surface area (Å²) in [5.74, 6) is 0.916. The maximum atomic E-state index is 13.6. The Bertz CT molecular complexity index is 1030. The molecule has 0 saturated carbocycles. The molecule has 3 aliphatic rings. The van der Waals surface area contributed by atoms with Crippen molar-refractivity contribution in [1.29, 1.82) is 0 Å². The third-order valence-electron chi connectivity index (χ3n) is 6.10. The molecule has 2 aromatic rings. The highest BCUT2D eigenvalue weighted by Crippen LogP contribution is 2.49. The number of aryl methyl sites for hydroxylation is 1. The Kier molecular flexibility index (Phi) is 4.96. The number of ether oxygens (including phenoxy) is 4. The van der Waals surface area contributed by atoms with Crippen molar-refractivity contribution < 1.29 is 28.5 Å². The van der Waals surface area contributed by atoms with Crippen LogP contribution in [0.15, 0.2) is 36.4 Å². The van der Waals surface area contributed by atoms with Crippen molar-refractivity contribution in [3.63, 3.8) is 0 Å². The molecule has 0 N–H and O–H groups in total. The van der Waals surface area contributed by atoms with Crippen LogP contribution in [0.3, 0.4) is 0 Å². The highest BCUT2D eigenvalue weighted by atomic mass is 16.5. The molecule has 3 aliphatic heterocycles. The molecular formula is C24H25NO6. The van der Waals surface area contributed by atoms with Crippen LogP contribution in [0.25, 0.3) is 0 Å². The molecule has 0 aromatic heterocycles. The van der Waals surface area contributed by atoms with Gasteiger partial charge in [-0.2, -0.15) is 0 Å². The summed E-state index contributed by atoms with van der Waals surface area (Å²) >= 11 is 0. The summed E-state index contributed by atoms with van der Waals surface area (Å²) in [5, 5.41) is 0. The van der Waals surface area contributed by atoms with Crippen molar-refractivity contribution in [3.8, 4) is 17.2 Å². The Morgan fingerprint density at radius 1 is 1.13 bits per heavy atom. The minimum atomic E-state index is -0.541.